The maximum atomic E-state index is 11.7. The fourth-order valence-electron chi connectivity index (χ4n) is 2.49. The van der Waals surface area contributed by atoms with Crippen molar-refractivity contribution >= 4 is 17.0 Å². The third-order valence-electron chi connectivity index (χ3n) is 4.36. The molecular formula is C16H23N3O2. The van der Waals surface area contributed by atoms with Crippen LogP contribution in [0.4, 0.5) is 0 Å². The van der Waals surface area contributed by atoms with E-state index in [2.05, 4.69) is 21.5 Å². The van der Waals surface area contributed by atoms with Gasteiger partial charge in [-0.2, -0.15) is 0 Å². The van der Waals surface area contributed by atoms with Crippen molar-refractivity contribution in [3.63, 3.8) is 0 Å². The third kappa shape index (κ3) is 2.77. The van der Waals surface area contributed by atoms with Gasteiger partial charge >= 0.3 is 5.97 Å². The molecule has 1 unspecified atom stereocenters. The molecule has 0 aliphatic carbocycles. The number of nitrogens with zero attached hydrogens (tertiary/aromatic N) is 3. The summed E-state index contributed by atoms with van der Waals surface area (Å²) in [6.07, 6.45) is 4.89. The van der Waals surface area contributed by atoms with Gasteiger partial charge in [-0.3, -0.25) is 9.78 Å². The number of aryl methyl sites for hydroxylation is 1. The molecule has 0 radical (unpaired) electrons. The van der Waals surface area contributed by atoms with Crippen LogP contribution in [0.2, 0.25) is 0 Å². The first kappa shape index (κ1) is 15.5. The lowest BCUT2D eigenvalue weighted by Crippen LogP contribution is -2.36. The van der Waals surface area contributed by atoms with E-state index < -0.39 is 11.4 Å². The molecule has 0 aliphatic heterocycles. The van der Waals surface area contributed by atoms with Crippen LogP contribution in [0.25, 0.3) is 11.0 Å². The molecule has 1 atom stereocenters. The molecule has 2 aromatic rings. The van der Waals surface area contributed by atoms with Crippen LogP contribution in [0.15, 0.2) is 18.5 Å². The number of rotatable bonds is 6. The van der Waals surface area contributed by atoms with Gasteiger partial charge in [-0.05, 0) is 25.3 Å². The molecule has 2 heterocycles. The summed E-state index contributed by atoms with van der Waals surface area (Å²) < 4.78 is 2.13. The van der Waals surface area contributed by atoms with Gasteiger partial charge in [-0.15, -0.1) is 0 Å². The van der Waals surface area contributed by atoms with Gasteiger partial charge in [0, 0.05) is 19.2 Å². The number of pyridine rings is 1. The van der Waals surface area contributed by atoms with Crippen LogP contribution < -0.4 is 0 Å². The summed E-state index contributed by atoms with van der Waals surface area (Å²) in [5.74, 6) is 0.0900. The Balaban J connectivity index is 2.50. The van der Waals surface area contributed by atoms with Crippen molar-refractivity contribution in [2.75, 3.05) is 0 Å². The molecule has 114 valence electrons. The molecule has 0 bridgehead atoms. The Labute approximate surface area is 125 Å². The zero-order valence-electron chi connectivity index (χ0n) is 13.1. The average molecular weight is 289 g/mol. The number of carbonyl (C=O) groups is 1. The number of hydrogen-bond acceptors (Lipinski definition) is 3. The van der Waals surface area contributed by atoms with Gasteiger partial charge < -0.3 is 9.67 Å². The number of hydrogen-bond donors (Lipinski definition) is 1. The molecule has 0 aliphatic rings. The average Bonchev–Trinajstić information content (AvgIpc) is 2.77. The smallest absolute Gasteiger partial charge is 0.310 e. The minimum Gasteiger partial charge on any atom is -0.481 e. The maximum Gasteiger partial charge on any atom is 0.310 e. The molecule has 21 heavy (non-hydrogen) atoms. The first-order valence-electron chi connectivity index (χ1n) is 7.42. The first-order valence-corrected chi connectivity index (χ1v) is 7.42. The standard InChI is InChI=1S/C16H23N3O2/c1-5-8-19-13-6-7-17-10-12(13)18-14(19)9-16(4,11(2)3)15(20)21/h6-7,10-11H,5,8-9H2,1-4H3,(H,20,21). The lowest BCUT2D eigenvalue weighted by Gasteiger charge is -2.28. The molecule has 0 spiro atoms. The van der Waals surface area contributed by atoms with E-state index in [1.807, 2.05) is 19.9 Å². The Kier molecular flexibility index (Phi) is 4.30. The SMILES string of the molecule is CCCn1c(CC(C)(C(=O)O)C(C)C)nc2cnccc21. The molecule has 0 amide bonds. The molecular weight excluding hydrogens is 266 g/mol. The van der Waals surface area contributed by atoms with Gasteiger partial charge in [-0.1, -0.05) is 20.8 Å². The van der Waals surface area contributed by atoms with Gasteiger partial charge in [0.1, 0.15) is 11.3 Å². The summed E-state index contributed by atoms with van der Waals surface area (Å²) in [6.45, 7) is 8.64. The van der Waals surface area contributed by atoms with Crippen molar-refractivity contribution < 1.29 is 9.90 Å². The third-order valence-corrected chi connectivity index (χ3v) is 4.36. The lowest BCUT2D eigenvalue weighted by molar-refractivity contribution is -0.150. The van der Waals surface area contributed by atoms with Crippen LogP contribution in [0, 0.1) is 11.3 Å². The van der Waals surface area contributed by atoms with Crippen molar-refractivity contribution in [1.82, 2.24) is 14.5 Å². The molecule has 5 nitrogen and oxygen atoms in total. The molecule has 2 rings (SSSR count). The van der Waals surface area contributed by atoms with E-state index in [4.69, 9.17) is 0 Å². The summed E-state index contributed by atoms with van der Waals surface area (Å²) in [7, 11) is 0. The highest BCUT2D eigenvalue weighted by molar-refractivity contribution is 5.77. The fraction of sp³-hybridized carbons (Fsp3) is 0.562. The van der Waals surface area contributed by atoms with E-state index in [1.165, 1.54) is 0 Å². The quantitative estimate of drug-likeness (QED) is 0.887. The topological polar surface area (TPSA) is 68.0 Å². The summed E-state index contributed by atoms with van der Waals surface area (Å²) >= 11 is 0. The van der Waals surface area contributed by atoms with Crippen molar-refractivity contribution in [2.45, 2.75) is 47.1 Å². The predicted octanol–water partition coefficient (Wildman–Crippen LogP) is 3.13. The molecule has 0 fully saturated rings. The second-order valence-corrected chi connectivity index (χ2v) is 6.10. The Hall–Kier alpha value is -1.91. The predicted molar refractivity (Wildman–Crippen MR) is 82.1 cm³/mol. The molecule has 1 N–H and O–H groups in total. The van der Waals surface area contributed by atoms with Crippen LogP contribution in [0.5, 0.6) is 0 Å². The normalized spacial score (nSPS) is 14.5. The second kappa shape index (κ2) is 5.84. The van der Waals surface area contributed by atoms with E-state index in [0.717, 1.165) is 29.8 Å². The highest BCUT2D eigenvalue weighted by Crippen LogP contribution is 2.32. The van der Waals surface area contributed by atoms with Crippen LogP contribution in [0.3, 0.4) is 0 Å². The van der Waals surface area contributed by atoms with E-state index >= 15 is 0 Å². The number of aliphatic carboxylic acids is 1. The van der Waals surface area contributed by atoms with E-state index in [1.54, 1.807) is 19.3 Å². The number of aromatic nitrogens is 3. The van der Waals surface area contributed by atoms with Crippen LogP contribution in [-0.4, -0.2) is 25.6 Å². The Morgan fingerprint density at radius 2 is 2.19 bits per heavy atom. The highest BCUT2D eigenvalue weighted by atomic mass is 16.4. The van der Waals surface area contributed by atoms with E-state index in [-0.39, 0.29) is 5.92 Å². The van der Waals surface area contributed by atoms with Gasteiger partial charge in [0.15, 0.2) is 0 Å². The first-order chi connectivity index (χ1) is 9.90. The molecule has 5 heteroatoms. The summed E-state index contributed by atoms with van der Waals surface area (Å²) in [5, 5.41) is 9.61. The molecule has 0 saturated heterocycles. The Bertz CT molecular complexity index is 648. The zero-order valence-corrected chi connectivity index (χ0v) is 13.1. The van der Waals surface area contributed by atoms with Gasteiger partial charge in [0.25, 0.3) is 0 Å². The van der Waals surface area contributed by atoms with E-state index in [0.29, 0.717) is 6.42 Å². The number of imidazole rings is 1. The molecule has 2 aromatic heterocycles. The minimum absolute atomic E-state index is 0.0306. The molecule has 0 aromatic carbocycles. The number of fused-ring (bicyclic) bond motifs is 1. The summed E-state index contributed by atoms with van der Waals surface area (Å²) in [5.41, 5.74) is 1.04. The second-order valence-electron chi connectivity index (χ2n) is 6.10. The van der Waals surface area contributed by atoms with Crippen molar-refractivity contribution in [3.05, 3.63) is 24.3 Å². The molecule has 0 saturated carbocycles. The van der Waals surface area contributed by atoms with Gasteiger partial charge in [-0.25, -0.2) is 4.98 Å². The monoisotopic (exact) mass is 289 g/mol. The van der Waals surface area contributed by atoms with Gasteiger partial charge in [0.05, 0.1) is 17.1 Å². The van der Waals surface area contributed by atoms with E-state index in [9.17, 15) is 9.90 Å². The number of carboxylic acids is 1. The largest absolute Gasteiger partial charge is 0.481 e. The zero-order chi connectivity index (χ0) is 15.6. The van der Waals surface area contributed by atoms with Crippen LogP contribution in [-0.2, 0) is 17.8 Å². The van der Waals surface area contributed by atoms with Crippen LogP contribution >= 0.6 is 0 Å². The summed E-state index contributed by atoms with van der Waals surface area (Å²) in [4.78, 5) is 20.4. The van der Waals surface area contributed by atoms with Crippen molar-refractivity contribution in [1.29, 1.82) is 0 Å². The number of carboxylic acid groups (broad SMARTS) is 1. The fourth-order valence-corrected chi connectivity index (χ4v) is 2.49. The van der Waals surface area contributed by atoms with Crippen molar-refractivity contribution in [3.8, 4) is 0 Å². The Morgan fingerprint density at radius 3 is 2.76 bits per heavy atom. The lowest BCUT2D eigenvalue weighted by atomic mass is 9.76. The summed E-state index contributed by atoms with van der Waals surface area (Å²) in [6, 6.07) is 1.94. The van der Waals surface area contributed by atoms with Gasteiger partial charge in [0.2, 0.25) is 0 Å². The minimum atomic E-state index is -0.819. The highest BCUT2D eigenvalue weighted by Gasteiger charge is 2.38. The van der Waals surface area contributed by atoms with Crippen LogP contribution in [0.1, 0.15) is 39.9 Å². The Morgan fingerprint density at radius 1 is 1.48 bits per heavy atom. The van der Waals surface area contributed by atoms with Crippen molar-refractivity contribution in [2.24, 2.45) is 11.3 Å². The maximum absolute atomic E-state index is 11.7.